The van der Waals surface area contributed by atoms with Gasteiger partial charge >= 0.3 is 11.9 Å². The first-order chi connectivity index (χ1) is 8.05. The minimum absolute atomic E-state index is 0.179. The zero-order valence-electron chi connectivity index (χ0n) is 10.5. The van der Waals surface area contributed by atoms with Crippen molar-refractivity contribution in [1.29, 1.82) is 0 Å². The van der Waals surface area contributed by atoms with Gasteiger partial charge in [0.15, 0.2) is 0 Å². The Balaban J connectivity index is 4.68. The van der Waals surface area contributed by atoms with Gasteiger partial charge < -0.3 is 15.6 Å². The van der Waals surface area contributed by atoms with Crippen molar-refractivity contribution < 1.29 is 19.4 Å². The van der Waals surface area contributed by atoms with E-state index in [0.29, 0.717) is 25.8 Å². The van der Waals surface area contributed by atoms with E-state index in [4.69, 9.17) is 10.5 Å². The molecule has 1 atom stereocenters. The Hall–Kier alpha value is -1.14. The number of rotatable bonds is 9. The molecule has 0 bridgehead atoms. The molecule has 0 spiro atoms. The summed E-state index contributed by atoms with van der Waals surface area (Å²) in [5.74, 6) is -1.94. The number of carboxylic acids is 1. The van der Waals surface area contributed by atoms with E-state index < -0.39 is 17.5 Å². The van der Waals surface area contributed by atoms with Gasteiger partial charge in [0.05, 0.1) is 6.61 Å². The molecule has 0 aliphatic carbocycles. The van der Waals surface area contributed by atoms with Crippen molar-refractivity contribution in [2.45, 2.75) is 38.1 Å². The monoisotopic (exact) mass is 246 g/mol. The zero-order valence-corrected chi connectivity index (χ0v) is 10.5. The molecule has 6 nitrogen and oxygen atoms in total. The van der Waals surface area contributed by atoms with Crippen LogP contribution in [0.15, 0.2) is 0 Å². The second kappa shape index (κ2) is 8.03. The molecule has 0 rings (SSSR count). The molecule has 0 saturated carbocycles. The van der Waals surface area contributed by atoms with Crippen molar-refractivity contribution in [2.24, 2.45) is 5.73 Å². The van der Waals surface area contributed by atoms with Gasteiger partial charge in [-0.15, -0.1) is 0 Å². The van der Waals surface area contributed by atoms with Gasteiger partial charge in [-0.05, 0) is 39.3 Å². The van der Waals surface area contributed by atoms with Crippen LogP contribution in [0.1, 0.15) is 32.6 Å². The van der Waals surface area contributed by atoms with Crippen LogP contribution < -0.4 is 11.1 Å². The first-order valence-corrected chi connectivity index (χ1v) is 5.84. The van der Waals surface area contributed by atoms with Crippen LogP contribution >= 0.6 is 0 Å². The van der Waals surface area contributed by atoms with E-state index in [0.717, 1.165) is 0 Å². The smallest absolute Gasteiger partial charge is 0.338 e. The van der Waals surface area contributed by atoms with Crippen molar-refractivity contribution >= 4 is 11.9 Å². The first-order valence-electron chi connectivity index (χ1n) is 5.84. The number of nitrogens with two attached hydrogens (primary N) is 1. The molecule has 0 aromatic rings. The van der Waals surface area contributed by atoms with Crippen LogP contribution in [-0.4, -0.2) is 42.8 Å². The summed E-state index contributed by atoms with van der Waals surface area (Å²) in [7, 11) is 1.45. The highest BCUT2D eigenvalue weighted by Crippen LogP contribution is 2.17. The lowest BCUT2D eigenvalue weighted by Gasteiger charge is -2.26. The van der Waals surface area contributed by atoms with Crippen LogP contribution in [0.3, 0.4) is 0 Å². The van der Waals surface area contributed by atoms with Gasteiger partial charge in [0.1, 0.15) is 0 Å². The first kappa shape index (κ1) is 15.9. The summed E-state index contributed by atoms with van der Waals surface area (Å²) < 4.78 is 4.93. The second-order valence-electron chi connectivity index (χ2n) is 3.84. The van der Waals surface area contributed by atoms with E-state index in [2.05, 4.69) is 5.32 Å². The molecule has 0 fully saturated rings. The molecule has 0 aliphatic heterocycles. The fourth-order valence-electron chi connectivity index (χ4n) is 1.48. The summed E-state index contributed by atoms with van der Waals surface area (Å²) in [6.07, 6.45) is 2.08. The quantitative estimate of drug-likeness (QED) is 0.303. The third kappa shape index (κ3) is 4.32. The van der Waals surface area contributed by atoms with Crippen molar-refractivity contribution in [2.75, 3.05) is 20.2 Å². The largest absolute Gasteiger partial charge is 0.479 e. The summed E-state index contributed by atoms with van der Waals surface area (Å²) in [6, 6.07) is 0. The summed E-state index contributed by atoms with van der Waals surface area (Å²) in [5.41, 5.74) is 3.70. The van der Waals surface area contributed by atoms with Gasteiger partial charge in [-0.2, -0.15) is 0 Å². The maximum Gasteiger partial charge on any atom is 0.338 e. The van der Waals surface area contributed by atoms with E-state index in [1.807, 2.05) is 6.92 Å². The second-order valence-corrected chi connectivity index (χ2v) is 3.84. The van der Waals surface area contributed by atoms with Gasteiger partial charge in [-0.1, -0.05) is 6.92 Å². The molecule has 0 heterocycles. The highest BCUT2D eigenvalue weighted by molar-refractivity contribution is 6.04. The van der Waals surface area contributed by atoms with Crippen LogP contribution in [0.5, 0.6) is 0 Å². The number of hydrogen-bond acceptors (Lipinski definition) is 5. The van der Waals surface area contributed by atoms with Crippen molar-refractivity contribution in [3.8, 4) is 0 Å². The number of hydrogen-bond donors (Lipinski definition) is 3. The summed E-state index contributed by atoms with van der Waals surface area (Å²) in [4.78, 5) is 23.1. The Morgan fingerprint density at radius 2 is 2.06 bits per heavy atom. The number of ether oxygens (including phenoxy) is 1. The maximum atomic E-state index is 11.8. The Morgan fingerprint density at radius 3 is 2.47 bits per heavy atom. The molecule has 0 radical (unpaired) electrons. The summed E-state index contributed by atoms with van der Waals surface area (Å²) >= 11 is 0. The summed E-state index contributed by atoms with van der Waals surface area (Å²) in [5, 5.41) is 11.8. The lowest BCUT2D eigenvalue weighted by Crippen LogP contribution is -2.57. The normalized spacial score (nSPS) is 14.1. The fourth-order valence-corrected chi connectivity index (χ4v) is 1.48. The maximum absolute atomic E-state index is 11.8. The van der Waals surface area contributed by atoms with E-state index in [9.17, 15) is 14.7 Å². The van der Waals surface area contributed by atoms with E-state index in [-0.39, 0.29) is 13.0 Å². The van der Waals surface area contributed by atoms with E-state index >= 15 is 0 Å². The van der Waals surface area contributed by atoms with Crippen LogP contribution in [-0.2, 0) is 14.3 Å². The molecule has 4 N–H and O–H groups in total. The number of unbranched alkanes of at least 4 members (excludes halogenated alkanes) is 1. The molecule has 17 heavy (non-hydrogen) atoms. The SMILES string of the molecule is CCCOC(=O)[C@@](CCCCN)(NC)C(=O)O. The zero-order chi connectivity index (χ0) is 13.3. The predicted octanol–water partition coefficient (Wildman–Crippen LogP) is 0.111. The number of likely N-dealkylation sites (N-methyl/N-ethyl adjacent to an activating group) is 1. The lowest BCUT2D eigenvalue weighted by molar-refractivity contribution is -0.163. The van der Waals surface area contributed by atoms with E-state index in [1.54, 1.807) is 0 Å². The lowest BCUT2D eigenvalue weighted by atomic mass is 9.92. The van der Waals surface area contributed by atoms with Crippen LogP contribution in [0.25, 0.3) is 0 Å². The Bertz CT molecular complexity index is 258. The van der Waals surface area contributed by atoms with Crippen LogP contribution in [0.2, 0.25) is 0 Å². The number of aliphatic carboxylic acids is 1. The minimum atomic E-state index is -1.65. The Morgan fingerprint density at radius 1 is 1.41 bits per heavy atom. The van der Waals surface area contributed by atoms with Gasteiger partial charge in [0.25, 0.3) is 0 Å². The number of carboxylic acid groups (broad SMARTS) is 1. The number of nitrogens with one attached hydrogen (secondary N) is 1. The van der Waals surface area contributed by atoms with Crippen molar-refractivity contribution in [3.05, 3.63) is 0 Å². The molecule has 100 valence electrons. The Labute approximate surface area is 102 Å². The van der Waals surface area contributed by atoms with Gasteiger partial charge in [0, 0.05) is 0 Å². The van der Waals surface area contributed by atoms with Gasteiger partial charge in [0.2, 0.25) is 5.54 Å². The molecule has 0 saturated heterocycles. The predicted molar refractivity (Wildman–Crippen MR) is 63.6 cm³/mol. The van der Waals surface area contributed by atoms with Gasteiger partial charge in [-0.3, -0.25) is 5.32 Å². The third-order valence-corrected chi connectivity index (χ3v) is 2.58. The highest BCUT2D eigenvalue weighted by Gasteiger charge is 2.45. The minimum Gasteiger partial charge on any atom is -0.479 e. The van der Waals surface area contributed by atoms with Crippen molar-refractivity contribution in [1.82, 2.24) is 5.32 Å². The molecule has 0 aromatic carbocycles. The molecular weight excluding hydrogens is 224 g/mol. The molecular formula is C11H22N2O4. The fraction of sp³-hybridized carbons (Fsp3) is 0.818. The van der Waals surface area contributed by atoms with E-state index in [1.165, 1.54) is 7.05 Å². The average molecular weight is 246 g/mol. The van der Waals surface area contributed by atoms with Crippen LogP contribution in [0, 0.1) is 0 Å². The Kier molecular flexibility index (Phi) is 7.49. The van der Waals surface area contributed by atoms with Gasteiger partial charge in [-0.25, -0.2) is 9.59 Å². The third-order valence-electron chi connectivity index (χ3n) is 2.58. The summed E-state index contributed by atoms with van der Waals surface area (Å²) in [6.45, 7) is 2.55. The molecule has 0 unspecified atom stereocenters. The number of esters is 1. The van der Waals surface area contributed by atoms with Crippen molar-refractivity contribution in [3.63, 3.8) is 0 Å². The molecule has 6 heteroatoms. The average Bonchev–Trinajstić information content (AvgIpc) is 2.31. The standard InChI is InChI=1S/C11H22N2O4/c1-3-8-17-10(16)11(13-2,9(14)15)6-4-5-7-12/h13H,3-8,12H2,1-2H3,(H,14,15)/t11-/m0/s1. The number of carbonyl (C=O) groups excluding carboxylic acids is 1. The molecule has 0 aliphatic rings. The van der Waals surface area contributed by atoms with Crippen LogP contribution in [0.4, 0.5) is 0 Å². The molecule has 0 amide bonds. The number of carbonyl (C=O) groups is 2. The topological polar surface area (TPSA) is 102 Å². The highest BCUT2D eigenvalue weighted by atomic mass is 16.5. The molecule has 0 aromatic heterocycles.